The Morgan fingerprint density at radius 2 is 2.00 bits per heavy atom. The summed E-state index contributed by atoms with van der Waals surface area (Å²) in [7, 11) is 1.68. The maximum absolute atomic E-state index is 6.32. The van der Waals surface area contributed by atoms with E-state index in [1.165, 1.54) is 5.56 Å². The molecule has 3 aromatic rings. The van der Waals surface area contributed by atoms with Gasteiger partial charge in [0.2, 0.25) is 0 Å². The van der Waals surface area contributed by atoms with Gasteiger partial charge < -0.3 is 19.5 Å². The molecule has 7 heteroatoms. The number of methoxy groups -OCH3 is 1. The van der Waals surface area contributed by atoms with Crippen LogP contribution in [0.25, 0.3) is 5.69 Å². The van der Waals surface area contributed by atoms with Crippen LogP contribution < -0.4 is 10.1 Å². The number of hydrogen-bond donors (Lipinski definition) is 1. The number of ether oxygens (including phenoxy) is 1. The molecule has 1 aliphatic rings. The molecular formula is C23H25ClN4OS. The molecule has 156 valence electrons. The van der Waals surface area contributed by atoms with Crippen molar-refractivity contribution in [1.82, 2.24) is 19.8 Å². The maximum Gasteiger partial charge on any atom is 0.170 e. The molecule has 0 radical (unpaired) electrons. The summed E-state index contributed by atoms with van der Waals surface area (Å²) in [5.41, 5.74) is 5.35. The molecule has 1 aromatic carbocycles. The molecule has 30 heavy (non-hydrogen) atoms. The lowest BCUT2D eigenvalue weighted by Gasteiger charge is -2.27. The Kier molecular flexibility index (Phi) is 5.71. The minimum atomic E-state index is -0.0196. The third-order valence-corrected chi connectivity index (χ3v) is 6.30. The molecule has 1 aliphatic heterocycles. The number of aromatic nitrogens is 2. The van der Waals surface area contributed by atoms with Crippen molar-refractivity contribution >= 4 is 28.9 Å². The number of aryl methyl sites for hydroxylation is 1. The Balaban J connectivity index is 1.87. The molecule has 0 unspecified atom stereocenters. The van der Waals surface area contributed by atoms with Crippen molar-refractivity contribution in [3.05, 3.63) is 76.3 Å². The van der Waals surface area contributed by atoms with Crippen LogP contribution in [-0.4, -0.2) is 33.2 Å². The third kappa shape index (κ3) is 3.44. The predicted molar refractivity (Wildman–Crippen MR) is 125 cm³/mol. The number of nitrogens with zero attached hydrogens (tertiary/aromatic N) is 3. The van der Waals surface area contributed by atoms with Crippen LogP contribution in [0.2, 0.25) is 5.02 Å². The van der Waals surface area contributed by atoms with Gasteiger partial charge in [-0.15, -0.1) is 0 Å². The average molecular weight is 441 g/mol. The van der Waals surface area contributed by atoms with Gasteiger partial charge in [0.15, 0.2) is 5.11 Å². The Labute approximate surface area is 187 Å². The second-order valence-electron chi connectivity index (χ2n) is 7.39. The van der Waals surface area contributed by atoms with Gasteiger partial charge in [0.25, 0.3) is 0 Å². The topological polar surface area (TPSA) is 42.3 Å². The van der Waals surface area contributed by atoms with Gasteiger partial charge in [-0.1, -0.05) is 17.7 Å². The monoisotopic (exact) mass is 440 g/mol. The lowest BCUT2D eigenvalue weighted by molar-refractivity contribution is 0.329. The second kappa shape index (κ2) is 8.28. The molecular weight excluding hydrogens is 416 g/mol. The van der Waals surface area contributed by atoms with Crippen molar-refractivity contribution in [3.8, 4) is 11.4 Å². The van der Waals surface area contributed by atoms with Crippen molar-refractivity contribution in [2.24, 2.45) is 0 Å². The van der Waals surface area contributed by atoms with Crippen LogP contribution in [0.4, 0.5) is 0 Å². The SMILES string of the molecule is CCN1C(=S)N[C@H](c2ccccn2)[C@@H]1c1cc(C)n(-c2cc(Cl)ccc2OC)c1C. The van der Waals surface area contributed by atoms with Gasteiger partial charge >= 0.3 is 0 Å². The molecule has 1 N–H and O–H groups in total. The summed E-state index contributed by atoms with van der Waals surface area (Å²) in [4.78, 5) is 6.83. The summed E-state index contributed by atoms with van der Waals surface area (Å²) in [6.07, 6.45) is 1.83. The van der Waals surface area contributed by atoms with E-state index in [9.17, 15) is 0 Å². The van der Waals surface area contributed by atoms with Gasteiger partial charge in [-0.2, -0.15) is 0 Å². The van der Waals surface area contributed by atoms with Gasteiger partial charge in [-0.25, -0.2) is 0 Å². The Bertz CT molecular complexity index is 1080. The van der Waals surface area contributed by atoms with Crippen LogP contribution >= 0.6 is 23.8 Å². The van der Waals surface area contributed by atoms with E-state index in [4.69, 9.17) is 28.6 Å². The number of likely N-dealkylation sites (N-methyl/N-ethyl adjacent to an activating group) is 1. The molecule has 4 rings (SSSR count). The molecule has 1 saturated heterocycles. The molecule has 5 nitrogen and oxygen atoms in total. The fourth-order valence-electron chi connectivity index (χ4n) is 4.38. The van der Waals surface area contributed by atoms with E-state index < -0.39 is 0 Å². The van der Waals surface area contributed by atoms with Crippen LogP contribution in [0, 0.1) is 13.8 Å². The highest BCUT2D eigenvalue weighted by Gasteiger charge is 2.40. The summed E-state index contributed by atoms with van der Waals surface area (Å²) in [6, 6.07) is 13.9. The van der Waals surface area contributed by atoms with Crippen molar-refractivity contribution in [1.29, 1.82) is 0 Å². The van der Waals surface area contributed by atoms with E-state index in [0.717, 1.165) is 40.2 Å². The standard InChI is InChI=1S/C23H25ClN4OS/c1-5-27-22(21(26-23(27)30)18-8-6-7-11-25-18)17-12-14(2)28(15(17)3)19-13-16(24)9-10-20(19)29-4/h6-13,21-22H,5H2,1-4H3,(H,26,30)/t21-,22+/m1/s1. The van der Waals surface area contributed by atoms with Crippen LogP contribution in [0.15, 0.2) is 48.7 Å². The quantitative estimate of drug-likeness (QED) is 0.556. The molecule has 0 saturated carbocycles. The first-order chi connectivity index (χ1) is 14.5. The fraction of sp³-hybridized carbons (Fsp3) is 0.304. The number of hydrogen-bond acceptors (Lipinski definition) is 3. The molecule has 0 amide bonds. The van der Waals surface area contributed by atoms with Gasteiger partial charge in [-0.05, 0) is 75.0 Å². The average Bonchev–Trinajstić information content (AvgIpc) is 3.23. The van der Waals surface area contributed by atoms with Gasteiger partial charge in [0.05, 0.1) is 30.6 Å². The van der Waals surface area contributed by atoms with E-state index in [1.54, 1.807) is 7.11 Å². The lowest BCUT2D eigenvalue weighted by Crippen LogP contribution is -2.29. The van der Waals surface area contributed by atoms with Crippen molar-refractivity contribution in [3.63, 3.8) is 0 Å². The number of pyridine rings is 1. The largest absolute Gasteiger partial charge is 0.495 e. The zero-order chi connectivity index (χ0) is 21.4. The summed E-state index contributed by atoms with van der Waals surface area (Å²) >= 11 is 12.0. The highest BCUT2D eigenvalue weighted by atomic mass is 35.5. The summed E-state index contributed by atoms with van der Waals surface area (Å²) in [5, 5.41) is 4.91. The van der Waals surface area contributed by atoms with E-state index in [1.807, 2.05) is 42.6 Å². The van der Waals surface area contributed by atoms with Crippen LogP contribution in [0.5, 0.6) is 5.75 Å². The van der Waals surface area contributed by atoms with Gasteiger partial charge in [-0.3, -0.25) is 4.98 Å². The van der Waals surface area contributed by atoms with E-state index in [2.05, 4.69) is 46.6 Å². The summed E-state index contributed by atoms with van der Waals surface area (Å²) < 4.78 is 7.82. The molecule has 3 heterocycles. The van der Waals surface area contributed by atoms with Crippen LogP contribution in [0.3, 0.4) is 0 Å². The predicted octanol–water partition coefficient (Wildman–Crippen LogP) is 5.14. The van der Waals surface area contributed by atoms with Gasteiger partial charge in [0, 0.05) is 29.2 Å². The van der Waals surface area contributed by atoms with Gasteiger partial charge in [0.1, 0.15) is 5.75 Å². The Hall–Kier alpha value is -2.57. The molecule has 0 spiro atoms. The number of benzene rings is 1. The van der Waals surface area contributed by atoms with E-state index >= 15 is 0 Å². The Morgan fingerprint density at radius 3 is 2.67 bits per heavy atom. The summed E-state index contributed by atoms with van der Waals surface area (Å²) in [5.74, 6) is 0.779. The minimum Gasteiger partial charge on any atom is -0.495 e. The first kappa shape index (κ1) is 20.7. The number of nitrogens with one attached hydrogen (secondary N) is 1. The minimum absolute atomic E-state index is 0.0196. The highest BCUT2D eigenvalue weighted by molar-refractivity contribution is 7.80. The van der Waals surface area contributed by atoms with Crippen molar-refractivity contribution in [2.45, 2.75) is 32.9 Å². The van der Waals surface area contributed by atoms with Crippen molar-refractivity contribution < 1.29 is 4.74 Å². The summed E-state index contributed by atoms with van der Waals surface area (Å²) in [6.45, 7) is 7.17. The van der Waals surface area contributed by atoms with Crippen LogP contribution in [-0.2, 0) is 0 Å². The smallest absolute Gasteiger partial charge is 0.170 e. The molecule has 1 fully saturated rings. The number of halogens is 1. The number of rotatable bonds is 5. The van der Waals surface area contributed by atoms with E-state index in [-0.39, 0.29) is 12.1 Å². The third-order valence-electron chi connectivity index (χ3n) is 5.71. The zero-order valence-electron chi connectivity index (χ0n) is 17.5. The van der Waals surface area contributed by atoms with Crippen LogP contribution in [0.1, 0.15) is 41.7 Å². The fourth-order valence-corrected chi connectivity index (χ4v) is 4.92. The van der Waals surface area contributed by atoms with Crippen molar-refractivity contribution in [2.75, 3.05) is 13.7 Å². The number of thiocarbonyl (C=S) groups is 1. The zero-order valence-corrected chi connectivity index (χ0v) is 19.1. The lowest BCUT2D eigenvalue weighted by atomic mass is 9.97. The molecule has 0 aliphatic carbocycles. The van der Waals surface area contributed by atoms with E-state index in [0.29, 0.717) is 5.02 Å². The normalized spacial score (nSPS) is 18.6. The second-order valence-corrected chi connectivity index (χ2v) is 8.21. The maximum atomic E-state index is 6.32. The Morgan fingerprint density at radius 1 is 1.20 bits per heavy atom. The molecule has 2 atom stereocenters. The first-order valence-electron chi connectivity index (χ1n) is 9.97. The first-order valence-corrected chi connectivity index (χ1v) is 10.8. The molecule has 0 bridgehead atoms. The molecule has 2 aromatic heterocycles. The highest BCUT2D eigenvalue weighted by Crippen LogP contribution is 2.42.